The third-order valence-corrected chi connectivity index (χ3v) is 4.58. The Bertz CT molecular complexity index is 626. The zero-order valence-corrected chi connectivity index (χ0v) is 14.5. The summed E-state index contributed by atoms with van der Waals surface area (Å²) in [6.45, 7) is 5.35. The molecule has 0 aromatic heterocycles. The van der Waals surface area contributed by atoms with E-state index in [4.69, 9.17) is 4.74 Å². The number of amides is 2. The minimum atomic E-state index is -0.262. The van der Waals surface area contributed by atoms with Crippen molar-refractivity contribution in [3.05, 3.63) is 48.2 Å². The number of hydrogen-bond donors (Lipinski definition) is 2. The summed E-state index contributed by atoms with van der Waals surface area (Å²) in [7, 11) is 0. The van der Waals surface area contributed by atoms with Crippen molar-refractivity contribution >= 4 is 12.0 Å². The van der Waals surface area contributed by atoms with E-state index in [1.807, 2.05) is 42.6 Å². The Hall–Kier alpha value is -2.54. The maximum atomic E-state index is 12.7. The lowest BCUT2D eigenvalue weighted by Crippen LogP contribution is -3.15. The Morgan fingerprint density at radius 1 is 1.24 bits per heavy atom. The van der Waals surface area contributed by atoms with Gasteiger partial charge in [0.05, 0.1) is 38.8 Å². The number of hydrogen-bond acceptors (Lipinski definition) is 4. The number of rotatable bonds is 4. The molecule has 2 amide bonds. The zero-order chi connectivity index (χ0) is 17.6. The van der Waals surface area contributed by atoms with Gasteiger partial charge in [0.2, 0.25) is 0 Å². The van der Waals surface area contributed by atoms with Gasteiger partial charge in [-0.1, -0.05) is 30.3 Å². The monoisotopic (exact) mass is 345 g/mol. The standard InChI is InChI=1S/C18H24N4O3/c1-2-25-18(24)21-12-10-20(11-13-21)14-17(23)22-16(8-9-19-22)15-6-4-3-5-7-15/h3-9,16,19H,2,10-14H2,1H3/p+1/t16-/m0/s1. The summed E-state index contributed by atoms with van der Waals surface area (Å²) in [4.78, 5) is 27.3. The number of carbonyl (C=O) groups excluding carboxylic acids is 2. The number of ether oxygens (including phenoxy) is 1. The van der Waals surface area contributed by atoms with Crippen molar-refractivity contribution in [3.8, 4) is 0 Å². The predicted octanol–water partition coefficient (Wildman–Crippen LogP) is -0.0548. The zero-order valence-electron chi connectivity index (χ0n) is 14.5. The van der Waals surface area contributed by atoms with Crippen molar-refractivity contribution in [1.82, 2.24) is 15.3 Å². The van der Waals surface area contributed by atoms with Crippen LogP contribution in [0.1, 0.15) is 18.5 Å². The molecule has 1 saturated heterocycles. The van der Waals surface area contributed by atoms with Crippen molar-refractivity contribution in [2.75, 3.05) is 39.3 Å². The Morgan fingerprint density at radius 2 is 1.96 bits per heavy atom. The first kappa shape index (κ1) is 17.3. The molecule has 0 bridgehead atoms. The van der Waals surface area contributed by atoms with Crippen LogP contribution in [0, 0.1) is 0 Å². The van der Waals surface area contributed by atoms with Gasteiger partial charge in [-0.2, -0.15) is 0 Å². The topological polar surface area (TPSA) is 66.3 Å². The highest BCUT2D eigenvalue weighted by Crippen LogP contribution is 2.23. The van der Waals surface area contributed by atoms with E-state index in [-0.39, 0.29) is 18.0 Å². The fourth-order valence-electron chi connectivity index (χ4n) is 3.21. The van der Waals surface area contributed by atoms with E-state index in [1.54, 1.807) is 16.8 Å². The summed E-state index contributed by atoms with van der Waals surface area (Å²) in [6.07, 6.45) is 3.53. The van der Waals surface area contributed by atoms with Crippen LogP contribution in [0.3, 0.4) is 0 Å². The second-order valence-electron chi connectivity index (χ2n) is 6.22. The van der Waals surface area contributed by atoms with Crippen LogP contribution < -0.4 is 10.3 Å². The summed E-state index contributed by atoms with van der Waals surface area (Å²) >= 11 is 0. The van der Waals surface area contributed by atoms with E-state index in [2.05, 4.69) is 5.43 Å². The number of quaternary nitrogens is 1. The Labute approximate surface area is 147 Å². The average Bonchev–Trinajstić information content (AvgIpc) is 3.13. The van der Waals surface area contributed by atoms with Crippen molar-refractivity contribution in [2.45, 2.75) is 13.0 Å². The van der Waals surface area contributed by atoms with Crippen LogP contribution >= 0.6 is 0 Å². The average molecular weight is 345 g/mol. The lowest BCUT2D eigenvalue weighted by atomic mass is 10.1. The summed E-state index contributed by atoms with van der Waals surface area (Å²) < 4.78 is 5.03. The molecule has 25 heavy (non-hydrogen) atoms. The molecule has 2 aliphatic heterocycles. The molecule has 3 rings (SSSR count). The van der Waals surface area contributed by atoms with Gasteiger partial charge in [0, 0.05) is 6.20 Å². The highest BCUT2D eigenvalue weighted by atomic mass is 16.6. The Morgan fingerprint density at radius 3 is 2.64 bits per heavy atom. The van der Waals surface area contributed by atoms with Crippen molar-refractivity contribution in [3.63, 3.8) is 0 Å². The lowest BCUT2D eigenvalue weighted by molar-refractivity contribution is -0.896. The molecule has 1 fully saturated rings. The van der Waals surface area contributed by atoms with Gasteiger partial charge in [0.1, 0.15) is 0 Å². The minimum Gasteiger partial charge on any atom is -0.450 e. The van der Waals surface area contributed by atoms with Crippen LogP contribution in [-0.2, 0) is 9.53 Å². The first-order valence-corrected chi connectivity index (χ1v) is 8.74. The molecule has 2 aliphatic rings. The van der Waals surface area contributed by atoms with Crippen molar-refractivity contribution in [2.24, 2.45) is 0 Å². The van der Waals surface area contributed by atoms with Gasteiger partial charge < -0.3 is 15.1 Å². The first-order chi connectivity index (χ1) is 12.2. The molecule has 0 radical (unpaired) electrons. The number of nitrogens with zero attached hydrogens (tertiary/aromatic N) is 2. The van der Waals surface area contributed by atoms with Gasteiger partial charge in [0.25, 0.3) is 5.91 Å². The fraction of sp³-hybridized carbons (Fsp3) is 0.444. The number of hydrazine groups is 1. The number of nitrogens with one attached hydrogen (secondary N) is 2. The van der Waals surface area contributed by atoms with Gasteiger partial charge in [-0.3, -0.25) is 9.69 Å². The molecule has 0 saturated carbocycles. The highest BCUT2D eigenvalue weighted by molar-refractivity contribution is 5.78. The molecule has 0 spiro atoms. The van der Waals surface area contributed by atoms with E-state index < -0.39 is 0 Å². The van der Waals surface area contributed by atoms with Crippen LogP contribution in [0.2, 0.25) is 0 Å². The van der Waals surface area contributed by atoms with Crippen LogP contribution in [-0.4, -0.2) is 61.2 Å². The van der Waals surface area contributed by atoms with Crippen LogP contribution in [0.15, 0.2) is 42.6 Å². The van der Waals surface area contributed by atoms with E-state index in [9.17, 15) is 9.59 Å². The molecule has 134 valence electrons. The fourth-order valence-corrected chi connectivity index (χ4v) is 3.21. The largest absolute Gasteiger partial charge is 0.450 e. The number of carbonyl (C=O) groups is 2. The molecule has 2 N–H and O–H groups in total. The van der Waals surface area contributed by atoms with E-state index in [0.29, 0.717) is 26.2 Å². The summed E-state index contributed by atoms with van der Waals surface area (Å²) in [6, 6.07) is 9.89. The first-order valence-electron chi connectivity index (χ1n) is 8.74. The van der Waals surface area contributed by atoms with Crippen LogP contribution in [0.25, 0.3) is 0 Å². The second-order valence-corrected chi connectivity index (χ2v) is 6.22. The molecule has 7 heteroatoms. The quantitative estimate of drug-likeness (QED) is 0.803. The smallest absolute Gasteiger partial charge is 0.410 e. The molecule has 1 aromatic carbocycles. The van der Waals surface area contributed by atoms with Crippen molar-refractivity contribution < 1.29 is 19.2 Å². The van der Waals surface area contributed by atoms with Crippen LogP contribution in [0.4, 0.5) is 4.79 Å². The van der Waals surface area contributed by atoms with E-state index in [1.165, 1.54) is 4.90 Å². The highest BCUT2D eigenvalue weighted by Gasteiger charge is 2.31. The molecule has 1 aromatic rings. The SMILES string of the molecule is CCOC(=O)N1CC[NH+](CC(=O)N2NC=C[C@H]2c2ccccc2)CC1. The van der Waals surface area contributed by atoms with Gasteiger partial charge >= 0.3 is 6.09 Å². The van der Waals surface area contributed by atoms with Gasteiger partial charge in [-0.05, 0) is 18.6 Å². The molecular weight excluding hydrogens is 320 g/mol. The lowest BCUT2D eigenvalue weighted by Gasteiger charge is -2.32. The number of benzene rings is 1. The van der Waals surface area contributed by atoms with E-state index in [0.717, 1.165) is 18.7 Å². The van der Waals surface area contributed by atoms with Crippen molar-refractivity contribution in [1.29, 1.82) is 0 Å². The molecule has 2 heterocycles. The third-order valence-electron chi connectivity index (χ3n) is 4.58. The summed E-state index contributed by atoms with van der Waals surface area (Å²) in [5.41, 5.74) is 4.13. The summed E-state index contributed by atoms with van der Waals surface area (Å²) in [5, 5.41) is 1.68. The molecule has 7 nitrogen and oxygen atoms in total. The number of piperazine rings is 1. The normalized spacial score (nSPS) is 20.4. The van der Waals surface area contributed by atoms with Gasteiger partial charge in [0.15, 0.2) is 6.54 Å². The third kappa shape index (κ3) is 4.11. The van der Waals surface area contributed by atoms with E-state index >= 15 is 0 Å². The summed E-state index contributed by atoms with van der Waals surface area (Å²) in [5.74, 6) is 0.0541. The maximum Gasteiger partial charge on any atom is 0.410 e. The minimum absolute atomic E-state index is 0.0541. The Balaban J connectivity index is 1.52. The predicted molar refractivity (Wildman–Crippen MR) is 92.5 cm³/mol. The Kier molecular flexibility index (Phi) is 5.55. The van der Waals surface area contributed by atoms with Gasteiger partial charge in [-0.15, -0.1) is 0 Å². The van der Waals surface area contributed by atoms with Crippen LogP contribution in [0.5, 0.6) is 0 Å². The molecule has 0 unspecified atom stereocenters. The molecule has 1 atom stereocenters. The van der Waals surface area contributed by atoms with Gasteiger partial charge in [-0.25, -0.2) is 9.80 Å². The second kappa shape index (κ2) is 8.02. The maximum absolute atomic E-state index is 12.7. The molecule has 0 aliphatic carbocycles. The molecular formula is C18H25N4O3+.